The molecule has 2 aromatic rings. The Morgan fingerprint density at radius 2 is 1.85 bits per heavy atom. The zero-order valence-electron chi connectivity index (χ0n) is 9.84. The molecule has 20 heavy (non-hydrogen) atoms. The Hall–Kier alpha value is -2.83. The second-order valence-electron chi connectivity index (χ2n) is 3.93. The lowest BCUT2D eigenvalue weighted by Crippen LogP contribution is -1.96. The lowest BCUT2D eigenvalue weighted by molar-refractivity contribution is -0.387. The molecule has 1 N–H and O–H groups in total. The number of carbonyl (C=O) groups excluding carboxylic acids is 1. The molecule has 0 amide bonds. The molecule has 0 bridgehead atoms. The minimum atomic E-state index is -1.29. The number of benzene rings is 2. The SMILES string of the molecule is O=Cc1cc(-c2cc([N+](=O)[O-])c(F)cc2F)ccc1O. The van der Waals surface area contributed by atoms with E-state index in [1.165, 1.54) is 6.07 Å². The summed E-state index contributed by atoms with van der Waals surface area (Å²) < 4.78 is 26.9. The summed E-state index contributed by atoms with van der Waals surface area (Å²) in [5, 5.41) is 20.0. The van der Waals surface area contributed by atoms with Crippen LogP contribution in [0.3, 0.4) is 0 Å². The van der Waals surface area contributed by atoms with E-state index in [-0.39, 0.29) is 22.4 Å². The van der Waals surface area contributed by atoms with Crippen LogP contribution in [0.4, 0.5) is 14.5 Å². The van der Waals surface area contributed by atoms with Gasteiger partial charge < -0.3 is 5.11 Å². The van der Waals surface area contributed by atoms with Gasteiger partial charge in [0, 0.05) is 17.7 Å². The van der Waals surface area contributed by atoms with E-state index >= 15 is 0 Å². The first-order valence-electron chi connectivity index (χ1n) is 5.36. The van der Waals surface area contributed by atoms with Crippen LogP contribution in [0.15, 0.2) is 30.3 Å². The van der Waals surface area contributed by atoms with Gasteiger partial charge in [-0.1, -0.05) is 6.07 Å². The van der Waals surface area contributed by atoms with Gasteiger partial charge in [0.2, 0.25) is 5.82 Å². The number of rotatable bonds is 3. The number of phenolic OH excluding ortho intramolecular Hbond substituents is 1. The molecule has 0 aliphatic carbocycles. The van der Waals surface area contributed by atoms with Gasteiger partial charge in [-0.2, -0.15) is 4.39 Å². The monoisotopic (exact) mass is 279 g/mol. The molecule has 5 nitrogen and oxygen atoms in total. The predicted molar refractivity (Wildman–Crippen MR) is 65.5 cm³/mol. The molecule has 0 aliphatic heterocycles. The highest BCUT2D eigenvalue weighted by atomic mass is 19.1. The smallest absolute Gasteiger partial charge is 0.305 e. The summed E-state index contributed by atoms with van der Waals surface area (Å²) in [6.45, 7) is 0. The summed E-state index contributed by atoms with van der Waals surface area (Å²) >= 11 is 0. The van der Waals surface area contributed by atoms with Gasteiger partial charge in [0.1, 0.15) is 11.6 Å². The molecule has 2 rings (SSSR count). The maximum atomic E-state index is 13.7. The Morgan fingerprint density at radius 3 is 2.45 bits per heavy atom. The average Bonchev–Trinajstić information content (AvgIpc) is 2.39. The van der Waals surface area contributed by atoms with Gasteiger partial charge in [0.05, 0.1) is 10.5 Å². The van der Waals surface area contributed by atoms with Crippen LogP contribution in [0, 0.1) is 21.7 Å². The molecule has 0 spiro atoms. The first kappa shape index (κ1) is 13.6. The van der Waals surface area contributed by atoms with Gasteiger partial charge in [0.25, 0.3) is 0 Å². The average molecular weight is 279 g/mol. The van der Waals surface area contributed by atoms with Crippen LogP contribution in [0.1, 0.15) is 10.4 Å². The standard InChI is InChI=1S/C13H7F2NO4/c14-10-5-11(15)12(16(19)20)4-9(10)7-1-2-13(18)8(3-7)6-17/h1-6,18H. The summed E-state index contributed by atoms with van der Waals surface area (Å²) in [5.41, 5.74) is -1.09. The Labute approximate surface area is 111 Å². The molecule has 0 aliphatic rings. The lowest BCUT2D eigenvalue weighted by atomic mass is 10.0. The number of aldehydes is 1. The molecule has 0 saturated heterocycles. The number of nitro groups is 1. The van der Waals surface area contributed by atoms with Crippen molar-refractivity contribution in [3.05, 3.63) is 57.6 Å². The second kappa shape index (κ2) is 5.04. The maximum absolute atomic E-state index is 13.7. The Bertz CT molecular complexity index is 716. The van der Waals surface area contributed by atoms with E-state index in [0.717, 1.165) is 18.2 Å². The number of hydrogen-bond acceptors (Lipinski definition) is 4. The summed E-state index contributed by atoms with van der Waals surface area (Å²) in [4.78, 5) is 20.4. The van der Waals surface area contributed by atoms with Crippen molar-refractivity contribution >= 4 is 12.0 Å². The van der Waals surface area contributed by atoms with Gasteiger partial charge in [-0.15, -0.1) is 0 Å². The van der Waals surface area contributed by atoms with Gasteiger partial charge >= 0.3 is 5.69 Å². The normalized spacial score (nSPS) is 10.3. The fourth-order valence-electron chi connectivity index (χ4n) is 1.72. The van der Waals surface area contributed by atoms with E-state index < -0.39 is 22.2 Å². The fourth-order valence-corrected chi connectivity index (χ4v) is 1.72. The van der Waals surface area contributed by atoms with Crippen LogP contribution < -0.4 is 0 Å². The maximum Gasteiger partial charge on any atom is 0.305 e. The molecule has 0 radical (unpaired) electrons. The molecule has 7 heteroatoms. The van der Waals surface area contributed by atoms with Gasteiger partial charge in [-0.05, 0) is 17.7 Å². The summed E-state index contributed by atoms with van der Waals surface area (Å²) in [5.74, 6) is -2.60. The van der Waals surface area contributed by atoms with E-state index in [1.54, 1.807) is 0 Å². The van der Waals surface area contributed by atoms with Crippen molar-refractivity contribution in [1.29, 1.82) is 0 Å². The highest BCUT2D eigenvalue weighted by Crippen LogP contribution is 2.31. The highest BCUT2D eigenvalue weighted by Gasteiger charge is 2.19. The number of nitrogens with zero attached hydrogens (tertiary/aromatic N) is 1. The zero-order valence-corrected chi connectivity index (χ0v) is 9.84. The second-order valence-corrected chi connectivity index (χ2v) is 3.93. The molecular formula is C13H7F2NO4. The van der Waals surface area contributed by atoms with Crippen molar-refractivity contribution in [1.82, 2.24) is 0 Å². The number of hydrogen-bond donors (Lipinski definition) is 1. The first-order valence-corrected chi connectivity index (χ1v) is 5.36. The van der Waals surface area contributed by atoms with Gasteiger partial charge in [0.15, 0.2) is 6.29 Å². The molecule has 2 aromatic carbocycles. The fraction of sp³-hybridized carbons (Fsp3) is 0. The van der Waals surface area contributed by atoms with E-state index in [4.69, 9.17) is 0 Å². The number of carbonyl (C=O) groups is 1. The predicted octanol–water partition coefficient (Wildman–Crippen LogP) is 3.06. The van der Waals surface area contributed by atoms with Crippen LogP contribution in [0.2, 0.25) is 0 Å². The van der Waals surface area contributed by atoms with Crippen molar-refractivity contribution < 1.29 is 23.6 Å². The minimum absolute atomic E-state index is 0.103. The topological polar surface area (TPSA) is 80.4 Å². The van der Waals surface area contributed by atoms with E-state index in [1.807, 2.05) is 0 Å². The quantitative estimate of drug-likeness (QED) is 0.532. The van der Waals surface area contributed by atoms with E-state index in [9.17, 15) is 28.8 Å². The number of halogens is 2. The van der Waals surface area contributed by atoms with Crippen LogP contribution in [0.5, 0.6) is 5.75 Å². The summed E-state index contributed by atoms with van der Waals surface area (Å²) in [6, 6.07) is 4.71. The minimum Gasteiger partial charge on any atom is -0.507 e. The van der Waals surface area contributed by atoms with E-state index in [2.05, 4.69) is 0 Å². The van der Waals surface area contributed by atoms with Crippen molar-refractivity contribution in [2.75, 3.05) is 0 Å². The third-order valence-electron chi connectivity index (χ3n) is 2.70. The molecule has 0 heterocycles. The van der Waals surface area contributed by atoms with Crippen molar-refractivity contribution in [3.8, 4) is 16.9 Å². The van der Waals surface area contributed by atoms with Crippen molar-refractivity contribution in [2.24, 2.45) is 0 Å². The van der Waals surface area contributed by atoms with Crippen LogP contribution >= 0.6 is 0 Å². The van der Waals surface area contributed by atoms with Crippen molar-refractivity contribution in [2.45, 2.75) is 0 Å². The lowest BCUT2D eigenvalue weighted by Gasteiger charge is -2.06. The summed E-state index contributed by atoms with van der Waals surface area (Å²) in [6.07, 6.45) is 0.356. The molecular weight excluding hydrogens is 272 g/mol. The largest absolute Gasteiger partial charge is 0.507 e. The van der Waals surface area contributed by atoms with Crippen LogP contribution in [-0.4, -0.2) is 16.3 Å². The number of phenols is 1. The van der Waals surface area contributed by atoms with Gasteiger partial charge in [-0.25, -0.2) is 4.39 Å². The van der Waals surface area contributed by atoms with Crippen LogP contribution in [0.25, 0.3) is 11.1 Å². The summed E-state index contributed by atoms with van der Waals surface area (Å²) in [7, 11) is 0. The molecule has 0 unspecified atom stereocenters. The number of aromatic hydroxyl groups is 1. The molecule has 102 valence electrons. The molecule has 0 aromatic heterocycles. The Balaban J connectivity index is 2.66. The first-order chi connectivity index (χ1) is 9.43. The Morgan fingerprint density at radius 1 is 1.15 bits per heavy atom. The Kier molecular flexibility index (Phi) is 3.43. The molecule has 0 saturated carbocycles. The third kappa shape index (κ3) is 2.33. The molecule has 0 fully saturated rings. The van der Waals surface area contributed by atoms with E-state index in [0.29, 0.717) is 12.4 Å². The van der Waals surface area contributed by atoms with Gasteiger partial charge in [-0.3, -0.25) is 14.9 Å². The van der Waals surface area contributed by atoms with Crippen molar-refractivity contribution in [3.63, 3.8) is 0 Å². The third-order valence-corrected chi connectivity index (χ3v) is 2.70. The number of nitro benzene ring substituents is 1. The zero-order chi connectivity index (χ0) is 14.9. The highest BCUT2D eigenvalue weighted by molar-refractivity contribution is 5.83. The van der Waals surface area contributed by atoms with Crippen LogP contribution in [-0.2, 0) is 0 Å². The molecule has 0 atom stereocenters.